The van der Waals surface area contributed by atoms with Crippen molar-refractivity contribution in [3.8, 4) is 0 Å². The van der Waals surface area contributed by atoms with E-state index >= 15 is 0 Å². The van der Waals surface area contributed by atoms with Crippen molar-refractivity contribution in [3.63, 3.8) is 0 Å². The lowest BCUT2D eigenvalue weighted by Gasteiger charge is -2.19. The fourth-order valence-corrected chi connectivity index (χ4v) is 2.74. The molecular weight excluding hydrogens is 260 g/mol. The number of thioether (sulfide) groups is 1. The minimum Gasteiger partial charge on any atom is -0.351 e. The monoisotopic (exact) mass is 280 g/mol. The van der Waals surface area contributed by atoms with Crippen molar-refractivity contribution in [2.75, 3.05) is 0 Å². The predicted molar refractivity (Wildman–Crippen MR) is 78.1 cm³/mol. The van der Waals surface area contributed by atoms with Gasteiger partial charge in [0.05, 0.1) is 5.25 Å². The maximum absolute atomic E-state index is 11.9. The van der Waals surface area contributed by atoms with Crippen LogP contribution in [0.3, 0.4) is 0 Å². The Morgan fingerprint density at radius 1 is 1.21 bits per heavy atom. The van der Waals surface area contributed by atoms with E-state index in [1.165, 1.54) is 22.9 Å². The molecule has 0 spiro atoms. The molecule has 0 saturated heterocycles. The first-order valence-electron chi connectivity index (χ1n) is 6.15. The lowest BCUT2D eigenvalue weighted by atomic mass is 10.1. The molecule has 1 aromatic carbocycles. The van der Waals surface area contributed by atoms with E-state index in [1.54, 1.807) is 0 Å². The third kappa shape index (κ3) is 4.59. The number of hydrogen-bond acceptors (Lipinski definition) is 3. The summed E-state index contributed by atoms with van der Waals surface area (Å²) in [6, 6.07) is 5.25. The van der Waals surface area contributed by atoms with Crippen molar-refractivity contribution in [1.29, 1.82) is 0 Å². The van der Waals surface area contributed by atoms with Crippen LogP contribution in [0.15, 0.2) is 23.1 Å². The average Bonchev–Trinajstić information content (AvgIpc) is 2.29. The quantitative estimate of drug-likeness (QED) is 0.833. The summed E-state index contributed by atoms with van der Waals surface area (Å²) in [6.07, 6.45) is 0. The maximum Gasteiger partial charge on any atom is 0.318 e. The minimum atomic E-state index is -0.809. The summed E-state index contributed by atoms with van der Waals surface area (Å²) >= 11 is 1.45. The summed E-state index contributed by atoms with van der Waals surface area (Å²) in [5.74, 6) is -0.239. The van der Waals surface area contributed by atoms with E-state index in [1.807, 2.05) is 45.9 Å². The highest BCUT2D eigenvalue weighted by Gasteiger charge is 2.24. The summed E-state index contributed by atoms with van der Waals surface area (Å²) < 4.78 is 0. The van der Waals surface area contributed by atoms with Crippen molar-refractivity contribution in [3.05, 3.63) is 29.3 Å². The minimum absolute atomic E-state index is 0.103. The van der Waals surface area contributed by atoms with E-state index in [2.05, 4.69) is 5.32 Å². The molecule has 0 saturated carbocycles. The van der Waals surface area contributed by atoms with Crippen LogP contribution in [0.25, 0.3) is 0 Å². The van der Waals surface area contributed by atoms with Crippen molar-refractivity contribution >= 4 is 23.7 Å². The van der Waals surface area contributed by atoms with E-state index in [-0.39, 0.29) is 17.1 Å². The molecule has 0 heterocycles. The molecule has 0 aliphatic heterocycles. The average molecular weight is 280 g/mol. The van der Waals surface area contributed by atoms with Crippen LogP contribution in [0.4, 0.5) is 4.79 Å². The number of urea groups is 1. The maximum atomic E-state index is 11.9. The second kappa shape index (κ2) is 6.61. The molecule has 0 radical (unpaired) electrons. The number of rotatable bonds is 4. The molecule has 0 aliphatic rings. The van der Waals surface area contributed by atoms with E-state index in [0.717, 1.165) is 4.90 Å². The molecule has 19 heavy (non-hydrogen) atoms. The van der Waals surface area contributed by atoms with Gasteiger partial charge in [-0.1, -0.05) is 19.9 Å². The van der Waals surface area contributed by atoms with E-state index in [4.69, 9.17) is 5.73 Å². The molecule has 3 amide bonds. The highest BCUT2D eigenvalue weighted by atomic mass is 32.2. The fraction of sp³-hybridized carbons (Fsp3) is 0.429. The summed E-state index contributed by atoms with van der Waals surface area (Å²) in [7, 11) is 0. The van der Waals surface area contributed by atoms with Crippen LogP contribution < -0.4 is 11.1 Å². The molecule has 0 fully saturated rings. The molecular formula is C14H20N2O2S. The zero-order valence-electron chi connectivity index (χ0n) is 11.7. The Bertz CT molecular complexity index is 486. The normalized spacial score (nSPS) is 12.3. The molecule has 3 N–H and O–H groups in total. The van der Waals surface area contributed by atoms with E-state index in [9.17, 15) is 9.59 Å². The van der Waals surface area contributed by atoms with Crippen LogP contribution in [-0.2, 0) is 4.79 Å². The van der Waals surface area contributed by atoms with Gasteiger partial charge in [0.1, 0.15) is 0 Å². The molecule has 0 aliphatic carbocycles. The highest BCUT2D eigenvalue weighted by molar-refractivity contribution is 8.00. The standard InChI is InChI=1S/C14H20N2O2S/c1-8(2)12(13(17)16-14(15)18)19-11-6-5-9(3)10(4)7-11/h5-8,12H,1-4H3,(H3,15,16,17,18)/t12-/m1/s1. The van der Waals surface area contributed by atoms with Crippen molar-refractivity contribution in [1.82, 2.24) is 5.32 Å². The number of nitrogens with two attached hydrogens (primary N) is 1. The van der Waals surface area contributed by atoms with Gasteiger partial charge in [-0.2, -0.15) is 0 Å². The largest absolute Gasteiger partial charge is 0.351 e. The number of primary amides is 1. The first kappa shape index (κ1) is 15.6. The molecule has 0 unspecified atom stereocenters. The van der Waals surface area contributed by atoms with Crippen LogP contribution >= 0.6 is 11.8 Å². The molecule has 0 aromatic heterocycles. The van der Waals surface area contributed by atoms with E-state index in [0.29, 0.717) is 0 Å². The van der Waals surface area contributed by atoms with Crippen LogP contribution in [0, 0.1) is 19.8 Å². The Kier molecular flexibility index (Phi) is 5.42. The van der Waals surface area contributed by atoms with Crippen LogP contribution in [0.5, 0.6) is 0 Å². The Labute approximate surface area is 118 Å². The number of nitrogens with one attached hydrogen (secondary N) is 1. The van der Waals surface area contributed by atoms with Crippen LogP contribution in [0.1, 0.15) is 25.0 Å². The number of hydrogen-bond donors (Lipinski definition) is 2. The number of carbonyl (C=O) groups is 2. The SMILES string of the molecule is Cc1ccc(S[C@@H](C(=O)NC(N)=O)C(C)C)cc1C. The molecule has 1 aromatic rings. The van der Waals surface area contributed by atoms with Crippen LogP contribution in [0.2, 0.25) is 0 Å². The van der Waals surface area contributed by atoms with Gasteiger partial charge in [0.2, 0.25) is 5.91 Å². The fourth-order valence-electron chi connectivity index (χ4n) is 1.62. The van der Waals surface area contributed by atoms with E-state index < -0.39 is 6.03 Å². The lowest BCUT2D eigenvalue weighted by molar-refractivity contribution is -0.120. The zero-order valence-corrected chi connectivity index (χ0v) is 12.5. The van der Waals surface area contributed by atoms with Gasteiger partial charge in [0.25, 0.3) is 0 Å². The van der Waals surface area contributed by atoms with Gasteiger partial charge >= 0.3 is 6.03 Å². The number of imide groups is 1. The van der Waals surface area contributed by atoms with Gasteiger partial charge in [0.15, 0.2) is 0 Å². The predicted octanol–water partition coefficient (Wildman–Crippen LogP) is 2.62. The van der Waals surface area contributed by atoms with Gasteiger partial charge in [-0.15, -0.1) is 11.8 Å². The number of benzene rings is 1. The van der Waals surface area contributed by atoms with Crippen LogP contribution in [-0.4, -0.2) is 17.2 Å². The first-order chi connectivity index (χ1) is 8.81. The molecule has 104 valence electrons. The summed E-state index contributed by atoms with van der Waals surface area (Å²) in [5, 5.41) is 1.81. The van der Waals surface area contributed by atoms with Gasteiger partial charge < -0.3 is 5.73 Å². The van der Waals surface area contributed by atoms with Gasteiger partial charge in [-0.3, -0.25) is 10.1 Å². The smallest absolute Gasteiger partial charge is 0.318 e. The topological polar surface area (TPSA) is 72.2 Å². The highest BCUT2D eigenvalue weighted by Crippen LogP contribution is 2.29. The second-order valence-corrected chi connectivity index (χ2v) is 6.10. The van der Waals surface area contributed by atoms with Gasteiger partial charge in [-0.05, 0) is 43.0 Å². The van der Waals surface area contributed by atoms with Crippen molar-refractivity contribution in [2.45, 2.75) is 37.8 Å². The van der Waals surface area contributed by atoms with Gasteiger partial charge in [-0.25, -0.2) is 4.79 Å². The molecule has 0 bridgehead atoms. The Morgan fingerprint density at radius 3 is 2.32 bits per heavy atom. The summed E-state index contributed by atoms with van der Waals surface area (Å²) in [4.78, 5) is 23.7. The molecule has 5 heteroatoms. The first-order valence-corrected chi connectivity index (χ1v) is 7.03. The third-order valence-corrected chi connectivity index (χ3v) is 4.39. The number of aryl methyl sites for hydroxylation is 2. The summed E-state index contributed by atoms with van der Waals surface area (Å²) in [5.41, 5.74) is 7.39. The summed E-state index contributed by atoms with van der Waals surface area (Å²) in [6.45, 7) is 7.97. The number of carbonyl (C=O) groups excluding carboxylic acids is 2. The zero-order chi connectivity index (χ0) is 14.6. The molecule has 4 nitrogen and oxygen atoms in total. The van der Waals surface area contributed by atoms with Crippen molar-refractivity contribution in [2.24, 2.45) is 11.7 Å². The molecule has 1 rings (SSSR count). The molecule has 1 atom stereocenters. The Morgan fingerprint density at radius 2 is 1.84 bits per heavy atom. The lowest BCUT2D eigenvalue weighted by Crippen LogP contribution is -2.42. The van der Waals surface area contributed by atoms with Crippen molar-refractivity contribution < 1.29 is 9.59 Å². The Balaban J connectivity index is 2.86. The third-order valence-electron chi connectivity index (χ3n) is 2.85. The second-order valence-electron chi connectivity index (χ2n) is 4.88. The Hall–Kier alpha value is -1.49. The van der Waals surface area contributed by atoms with Gasteiger partial charge in [0, 0.05) is 4.90 Å². The number of amides is 3.